The second-order valence-electron chi connectivity index (χ2n) is 3.99. The summed E-state index contributed by atoms with van der Waals surface area (Å²) in [5.41, 5.74) is 0. The largest absolute Gasteiger partial charge is 0.497 e. The van der Waals surface area contributed by atoms with Crippen LogP contribution >= 0.6 is 0 Å². The van der Waals surface area contributed by atoms with Gasteiger partial charge in [0.2, 0.25) is 5.78 Å². The lowest BCUT2D eigenvalue weighted by molar-refractivity contribution is -0.140. The Bertz CT molecular complexity index is 441. The number of hydrogen-bond donors (Lipinski definition) is 0. The molecule has 1 heterocycles. The van der Waals surface area contributed by atoms with Crippen LogP contribution in [0.4, 0.5) is 0 Å². The first kappa shape index (κ1) is 12.4. The van der Waals surface area contributed by atoms with Crippen LogP contribution in [0.5, 0.6) is 11.5 Å². The van der Waals surface area contributed by atoms with E-state index in [9.17, 15) is 9.59 Å². The fourth-order valence-electron chi connectivity index (χ4n) is 1.78. The number of rotatable bonds is 5. The van der Waals surface area contributed by atoms with Crippen molar-refractivity contribution < 1.29 is 19.1 Å². The maximum absolute atomic E-state index is 11.3. The van der Waals surface area contributed by atoms with E-state index in [0.29, 0.717) is 31.9 Å². The highest BCUT2D eigenvalue weighted by Crippen LogP contribution is 2.17. The van der Waals surface area contributed by atoms with Crippen molar-refractivity contribution in [2.24, 2.45) is 0 Å². The quantitative estimate of drug-likeness (QED) is 0.727. The van der Waals surface area contributed by atoms with Crippen LogP contribution in [-0.2, 0) is 9.59 Å². The summed E-state index contributed by atoms with van der Waals surface area (Å²) >= 11 is 0. The van der Waals surface area contributed by atoms with Gasteiger partial charge < -0.3 is 14.4 Å². The van der Waals surface area contributed by atoms with Crippen molar-refractivity contribution >= 4 is 11.7 Å². The average molecular weight is 249 g/mol. The molecule has 0 saturated carbocycles. The zero-order chi connectivity index (χ0) is 13.0. The number of carbonyl (C=O) groups excluding carboxylic acids is 2. The maximum Gasteiger partial charge on any atom is 0.290 e. The average Bonchev–Trinajstić information content (AvgIpc) is 2.71. The van der Waals surface area contributed by atoms with Gasteiger partial charge in [-0.3, -0.25) is 9.59 Å². The van der Waals surface area contributed by atoms with Crippen molar-refractivity contribution in [1.82, 2.24) is 4.90 Å². The Morgan fingerprint density at radius 2 is 1.83 bits per heavy atom. The van der Waals surface area contributed by atoms with Gasteiger partial charge in [0.05, 0.1) is 13.7 Å². The third-order valence-corrected chi connectivity index (χ3v) is 2.82. The number of likely N-dealkylation sites (tertiary alicyclic amines) is 1. The van der Waals surface area contributed by atoms with Crippen molar-refractivity contribution in [3.05, 3.63) is 24.3 Å². The van der Waals surface area contributed by atoms with E-state index in [1.165, 1.54) is 4.90 Å². The van der Waals surface area contributed by atoms with Gasteiger partial charge >= 0.3 is 0 Å². The van der Waals surface area contributed by atoms with Crippen LogP contribution in [0.15, 0.2) is 24.3 Å². The molecule has 1 aromatic rings. The molecule has 18 heavy (non-hydrogen) atoms. The van der Waals surface area contributed by atoms with E-state index in [1.807, 2.05) is 0 Å². The first-order valence-corrected chi connectivity index (χ1v) is 5.79. The first-order valence-electron chi connectivity index (χ1n) is 5.79. The molecule has 1 aliphatic rings. The Balaban J connectivity index is 1.78. The van der Waals surface area contributed by atoms with Gasteiger partial charge in [0.15, 0.2) is 0 Å². The predicted octanol–water partition coefficient (Wildman–Crippen LogP) is 0.875. The molecule has 5 nitrogen and oxygen atoms in total. The van der Waals surface area contributed by atoms with Crippen molar-refractivity contribution in [3.63, 3.8) is 0 Å². The SMILES string of the molecule is COc1ccc(OCCN2CCC(=O)C2=O)cc1. The van der Waals surface area contributed by atoms with Crippen LogP contribution in [-0.4, -0.2) is 43.4 Å². The summed E-state index contributed by atoms with van der Waals surface area (Å²) in [6.07, 6.45) is 0.321. The van der Waals surface area contributed by atoms with Gasteiger partial charge in [-0.2, -0.15) is 0 Å². The molecule has 96 valence electrons. The van der Waals surface area contributed by atoms with Crippen LogP contribution < -0.4 is 9.47 Å². The minimum Gasteiger partial charge on any atom is -0.497 e. The lowest BCUT2D eigenvalue weighted by Crippen LogP contribution is -2.31. The minimum atomic E-state index is -0.395. The molecule has 5 heteroatoms. The van der Waals surface area contributed by atoms with Crippen LogP contribution in [0.25, 0.3) is 0 Å². The van der Waals surface area contributed by atoms with Crippen LogP contribution in [0.1, 0.15) is 6.42 Å². The number of hydrogen-bond acceptors (Lipinski definition) is 4. The van der Waals surface area contributed by atoms with Crippen molar-refractivity contribution in [2.45, 2.75) is 6.42 Å². The van der Waals surface area contributed by atoms with E-state index >= 15 is 0 Å². The zero-order valence-corrected chi connectivity index (χ0v) is 10.2. The summed E-state index contributed by atoms with van der Waals surface area (Å²) in [5, 5.41) is 0. The number of methoxy groups -OCH3 is 1. The van der Waals surface area contributed by atoms with E-state index in [0.717, 1.165) is 5.75 Å². The van der Waals surface area contributed by atoms with Crippen molar-refractivity contribution in [3.8, 4) is 11.5 Å². The van der Waals surface area contributed by atoms with Gasteiger partial charge in [0.1, 0.15) is 18.1 Å². The number of nitrogens with zero attached hydrogens (tertiary/aromatic N) is 1. The molecule has 0 spiro atoms. The summed E-state index contributed by atoms with van der Waals surface area (Å²) in [6.45, 7) is 1.32. The number of benzene rings is 1. The monoisotopic (exact) mass is 249 g/mol. The summed E-state index contributed by atoms with van der Waals surface area (Å²) in [6, 6.07) is 7.21. The van der Waals surface area contributed by atoms with E-state index in [1.54, 1.807) is 31.4 Å². The fourth-order valence-corrected chi connectivity index (χ4v) is 1.78. The van der Waals surface area contributed by atoms with Crippen molar-refractivity contribution in [2.75, 3.05) is 26.8 Å². The molecule has 2 rings (SSSR count). The van der Waals surface area contributed by atoms with E-state index < -0.39 is 5.91 Å². The highest BCUT2D eigenvalue weighted by molar-refractivity contribution is 6.37. The Morgan fingerprint density at radius 1 is 1.17 bits per heavy atom. The minimum absolute atomic E-state index is 0.306. The van der Waals surface area contributed by atoms with Crippen molar-refractivity contribution in [1.29, 1.82) is 0 Å². The van der Waals surface area contributed by atoms with Gasteiger partial charge in [-0.25, -0.2) is 0 Å². The molecule has 0 N–H and O–H groups in total. The molecular formula is C13H15NO4. The molecule has 0 bridgehead atoms. The topological polar surface area (TPSA) is 55.8 Å². The Kier molecular flexibility index (Phi) is 3.82. The number of ether oxygens (including phenoxy) is 2. The second kappa shape index (κ2) is 5.53. The zero-order valence-electron chi connectivity index (χ0n) is 10.2. The number of Topliss-reactive ketones (excluding diaryl/α,β-unsaturated/α-hetero) is 1. The summed E-state index contributed by atoms with van der Waals surface area (Å²) in [5.74, 6) is 0.782. The molecule has 1 aromatic carbocycles. The summed E-state index contributed by atoms with van der Waals surface area (Å²) in [7, 11) is 1.60. The van der Waals surface area contributed by atoms with Gasteiger partial charge in [0, 0.05) is 13.0 Å². The molecule has 0 aromatic heterocycles. The van der Waals surface area contributed by atoms with E-state index in [-0.39, 0.29) is 5.78 Å². The Morgan fingerprint density at radius 3 is 2.39 bits per heavy atom. The predicted molar refractivity (Wildman–Crippen MR) is 64.7 cm³/mol. The van der Waals surface area contributed by atoms with Crippen LogP contribution in [0.3, 0.4) is 0 Å². The second-order valence-corrected chi connectivity index (χ2v) is 3.99. The van der Waals surface area contributed by atoms with Gasteiger partial charge in [-0.15, -0.1) is 0 Å². The smallest absolute Gasteiger partial charge is 0.290 e. The highest BCUT2D eigenvalue weighted by atomic mass is 16.5. The molecule has 1 amide bonds. The normalized spacial score (nSPS) is 15.1. The molecule has 0 aliphatic carbocycles. The summed E-state index contributed by atoms with van der Waals surface area (Å²) < 4.78 is 10.5. The Labute approximate surface area is 105 Å². The van der Waals surface area contributed by atoms with Crippen LogP contribution in [0.2, 0.25) is 0 Å². The highest BCUT2D eigenvalue weighted by Gasteiger charge is 2.28. The molecule has 1 aliphatic heterocycles. The molecule has 0 unspecified atom stereocenters. The number of ketones is 1. The molecule has 0 atom stereocenters. The van der Waals surface area contributed by atoms with E-state index in [2.05, 4.69) is 0 Å². The Hall–Kier alpha value is -2.04. The standard InChI is InChI=1S/C13H15NO4/c1-17-10-2-4-11(5-3-10)18-9-8-14-7-6-12(15)13(14)16/h2-5H,6-9H2,1H3. The fraction of sp³-hybridized carbons (Fsp3) is 0.385. The maximum atomic E-state index is 11.3. The van der Waals surface area contributed by atoms with Crippen LogP contribution in [0, 0.1) is 0 Å². The number of carbonyl (C=O) groups is 2. The molecule has 1 saturated heterocycles. The third-order valence-electron chi connectivity index (χ3n) is 2.82. The summed E-state index contributed by atoms with van der Waals surface area (Å²) in [4.78, 5) is 23.9. The third kappa shape index (κ3) is 2.80. The lowest BCUT2D eigenvalue weighted by Gasteiger charge is -2.14. The van der Waals surface area contributed by atoms with Gasteiger partial charge in [-0.05, 0) is 24.3 Å². The lowest BCUT2D eigenvalue weighted by atomic mass is 10.3. The van der Waals surface area contributed by atoms with Gasteiger partial charge in [-0.1, -0.05) is 0 Å². The molecule has 0 radical (unpaired) electrons. The molecular weight excluding hydrogens is 234 g/mol. The van der Waals surface area contributed by atoms with E-state index in [4.69, 9.17) is 9.47 Å². The van der Waals surface area contributed by atoms with Gasteiger partial charge in [0.25, 0.3) is 5.91 Å². The number of amides is 1. The first-order chi connectivity index (χ1) is 8.70. The molecule has 1 fully saturated rings.